The molecule has 2 N–H and O–H groups in total. The molecule has 0 aromatic heterocycles. The minimum Gasteiger partial charge on any atom is -0.392 e. The Labute approximate surface area is 119 Å². The second kappa shape index (κ2) is 8.23. The van der Waals surface area contributed by atoms with Crippen LogP contribution in [-0.4, -0.2) is 22.0 Å². The number of hydrogen-bond acceptors (Lipinski definition) is 3. The van der Waals surface area contributed by atoms with Crippen molar-refractivity contribution in [3.8, 4) is 0 Å². The lowest BCUT2D eigenvalue weighted by molar-refractivity contribution is -0.121. The van der Waals surface area contributed by atoms with E-state index >= 15 is 0 Å². The summed E-state index contributed by atoms with van der Waals surface area (Å²) in [6.45, 7) is 6.67. The summed E-state index contributed by atoms with van der Waals surface area (Å²) < 4.78 is 0. The van der Waals surface area contributed by atoms with Crippen LogP contribution in [0.3, 0.4) is 0 Å². The molecule has 0 fully saturated rings. The average molecular weight is 281 g/mol. The van der Waals surface area contributed by atoms with Crippen LogP contribution >= 0.6 is 11.8 Å². The van der Waals surface area contributed by atoms with E-state index in [1.807, 2.05) is 24.3 Å². The van der Waals surface area contributed by atoms with Crippen molar-refractivity contribution in [2.24, 2.45) is 5.92 Å². The first-order valence-electron chi connectivity index (χ1n) is 6.67. The normalized spacial score (nSPS) is 12.5. The summed E-state index contributed by atoms with van der Waals surface area (Å²) in [5, 5.41) is 12.2. The summed E-state index contributed by atoms with van der Waals surface area (Å²) in [4.78, 5) is 12.2. The van der Waals surface area contributed by atoms with Gasteiger partial charge in [0.15, 0.2) is 0 Å². The van der Waals surface area contributed by atoms with Gasteiger partial charge in [-0.3, -0.25) is 4.79 Å². The number of nitrogens with one attached hydrogen (secondary N) is 1. The van der Waals surface area contributed by atoms with Crippen molar-refractivity contribution in [1.29, 1.82) is 0 Å². The van der Waals surface area contributed by atoms with Gasteiger partial charge in [-0.15, -0.1) is 11.8 Å². The van der Waals surface area contributed by atoms with Crippen LogP contribution in [0, 0.1) is 5.92 Å². The van der Waals surface area contributed by atoms with Gasteiger partial charge in [0, 0.05) is 6.54 Å². The van der Waals surface area contributed by atoms with Crippen molar-refractivity contribution >= 4 is 17.7 Å². The predicted molar refractivity (Wildman–Crippen MR) is 81.0 cm³/mol. The SMILES string of the molecule is CCSC(C(=O)NCc1ccccc1CO)C(C)C. The van der Waals surface area contributed by atoms with E-state index in [1.54, 1.807) is 11.8 Å². The minimum absolute atomic E-state index is 0.00334. The van der Waals surface area contributed by atoms with Crippen LogP contribution in [0.4, 0.5) is 0 Å². The summed E-state index contributed by atoms with van der Waals surface area (Å²) in [5.74, 6) is 1.33. The van der Waals surface area contributed by atoms with E-state index in [9.17, 15) is 9.90 Å². The number of rotatable bonds is 7. The lowest BCUT2D eigenvalue weighted by Crippen LogP contribution is -2.35. The molecule has 0 radical (unpaired) electrons. The van der Waals surface area contributed by atoms with Crippen molar-refractivity contribution < 1.29 is 9.90 Å². The van der Waals surface area contributed by atoms with Crippen molar-refractivity contribution in [1.82, 2.24) is 5.32 Å². The molecule has 1 aromatic carbocycles. The molecule has 0 aliphatic carbocycles. The second-order valence-corrected chi connectivity index (χ2v) is 6.18. The highest BCUT2D eigenvalue weighted by Crippen LogP contribution is 2.19. The van der Waals surface area contributed by atoms with Gasteiger partial charge < -0.3 is 10.4 Å². The van der Waals surface area contributed by atoms with Crippen LogP contribution < -0.4 is 5.32 Å². The molecule has 3 nitrogen and oxygen atoms in total. The van der Waals surface area contributed by atoms with Crippen LogP contribution in [0.25, 0.3) is 0 Å². The molecule has 0 saturated carbocycles. The molecule has 0 aliphatic rings. The van der Waals surface area contributed by atoms with Gasteiger partial charge in [0.1, 0.15) is 0 Å². The molecule has 0 spiro atoms. The number of thioether (sulfide) groups is 1. The van der Waals surface area contributed by atoms with E-state index in [0.29, 0.717) is 12.5 Å². The van der Waals surface area contributed by atoms with Gasteiger partial charge in [-0.1, -0.05) is 45.0 Å². The molecule has 19 heavy (non-hydrogen) atoms. The van der Waals surface area contributed by atoms with Crippen molar-refractivity contribution in [2.75, 3.05) is 5.75 Å². The Morgan fingerprint density at radius 1 is 1.32 bits per heavy atom. The topological polar surface area (TPSA) is 49.3 Å². The predicted octanol–water partition coefficient (Wildman–Crippen LogP) is 2.57. The third kappa shape index (κ3) is 4.88. The van der Waals surface area contributed by atoms with Crippen LogP contribution in [0.2, 0.25) is 0 Å². The summed E-state index contributed by atoms with van der Waals surface area (Å²) >= 11 is 1.68. The zero-order valence-corrected chi connectivity index (χ0v) is 12.7. The van der Waals surface area contributed by atoms with Crippen LogP contribution in [0.1, 0.15) is 31.9 Å². The highest BCUT2D eigenvalue weighted by Gasteiger charge is 2.21. The Morgan fingerprint density at radius 2 is 1.95 bits per heavy atom. The maximum Gasteiger partial charge on any atom is 0.233 e. The van der Waals surface area contributed by atoms with Gasteiger partial charge in [0.2, 0.25) is 5.91 Å². The van der Waals surface area contributed by atoms with Crippen LogP contribution in [-0.2, 0) is 17.9 Å². The van der Waals surface area contributed by atoms with Gasteiger partial charge in [0.25, 0.3) is 0 Å². The maximum atomic E-state index is 12.2. The number of hydrogen-bond donors (Lipinski definition) is 2. The molecule has 0 aliphatic heterocycles. The maximum absolute atomic E-state index is 12.2. The Morgan fingerprint density at radius 3 is 2.47 bits per heavy atom. The third-order valence-electron chi connectivity index (χ3n) is 2.95. The molecule has 106 valence electrons. The smallest absolute Gasteiger partial charge is 0.233 e. The quantitative estimate of drug-likeness (QED) is 0.807. The summed E-state index contributed by atoms with van der Waals surface area (Å²) in [6, 6.07) is 7.62. The highest BCUT2D eigenvalue weighted by molar-refractivity contribution is 8.00. The molecule has 1 atom stereocenters. The Balaban J connectivity index is 2.62. The fourth-order valence-electron chi connectivity index (χ4n) is 1.92. The largest absolute Gasteiger partial charge is 0.392 e. The number of carbonyl (C=O) groups excluding carboxylic acids is 1. The van der Waals surface area contributed by atoms with E-state index in [4.69, 9.17) is 0 Å². The first-order valence-corrected chi connectivity index (χ1v) is 7.72. The molecule has 0 saturated heterocycles. The second-order valence-electron chi connectivity index (χ2n) is 4.76. The molecule has 0 heterocycles. The van der Waals surface area contributed by atoms with Crippen molar-refractivity contribution in [2.45, 2.75) is 39.2 Å². The third-order valence-corrected chi connectivity index (χ3v) is 4.40. The molecule has 0 bridgehead atoms. The number of benzene rings is 1. The summed E-state index contributed by atoms with van der Waals surface area (Å²) in [6.07, 6.45) is 0. The van der Waals surface area contributed by atoms with E-state index in [0.717, 1.165) is 16.9 Å². The van der Waals surface area contributed by atoms with Gasteiger partial charge in [-0.05, 0) is 22.8 Å². The molecular weight excluding hydrogens is 258 g/mol. The first-order chi connectivity index (χ1) is 9.10. The number of amides is 1. The zero-order valence-electron chi connectivity index (χ0n) is 11.8. The fraction of sp³-hybridized carbons (Fsp3) is 0.533. The standard InChI is InChI=1S/C15H23NO2S/c1-4-19-14(11(2)3)15(18)16-9-12-7-5-6-8-13(12)10-17/h5-8,11,14,17H,4,9-10H2,1-3H3,(H,16,18). The van der Waals surface area contributed by atoms with Crippen molar-refractivity contribution in [3.63, 3.8) is 0 Å². The Kier molecular flexibility index (Phi) is 6.95. The molecule has 1 aromatic rings. The lowest BCUT2D eigenvalue weighted by Gasteiger charge is -2.19. The highest BCUT2D eigenvalue weighted by atomic mass is 32.2. The van der Waals surface area contributed by atoms with E-state index in [2.05, 4.69) is 26.1 Å². The molecule has 1 amide bonds. The van der Waals surface area contributed by atoms with Crippen molar-refractivity contribution in [3.05, 3.63) is 35.4 Å². The van der Waals surface area contributed by atoms with Gasteiger partial charge in [0.05, 0.1) is 11.9 Å². The van der Waals surface area contributed by atoms with Gasteiger partial charge in [-0.25, -0.2) is 0 Å². The van der Waals surface area contributed by atoms with Crippen LogP contribution in [0.15, 0.2) is 24.3 Å². The summed E-state index contributed by atoms with van der Waals surface area (Å²) in [7, 11) is 0. The molecule has 1 rings (SSSR count). The van der Waals surface area contributed by atoms with Crippen LogP contribution in [0.5, 0.6) is 0 Å². The molecular formula is C15H23NO2S. The zero-order chi connectivity index (χ0) is 14.3. The minimum atomic E-state index is -0.00807. The Bertz CT molecular complexity index is 407. The number of aliphatic hydroxyl groups excluding tert-OH is 1. The van der Waals surface area contributed by atoms with Gasteiger partial charge in [-0.2, -0.15) is 0 Å². The molecule has 4 heteroatoms. The van der Waals surface area contributed by atoms with E-state index in [1.165, 1.54) is 0 Å². The summed E-state index contributed by atoms with van der Waals surface area (Å²) in [5.41, 5.74) is 1.84. The number of carbonyl (C=O) groups is 1. The number of aliphatic hydroxyl groups is 1. The fourth-order valence-corrected chi connectivity index (χ4v) is 2.90. The first kappa shape index (κ1) is 16.1. The molecule has 1 unspecified atom stereocenters. The van der Waals surface area contributed by atoms with E-state index < -0.39 is 0 Å². The lowest BCUT2D eigenvalue weighted by atomic mass is 10.1. The monoisotopic (exact) mass is 281 g/mol. The average Bonchev–Trinajstić information content (AvgIpc) is 2.42. The van der Waals surface area contributed by atoms with Gasteiger partial charge >= 0.3 is 0 Å². The van der Waals surface area contributed by atoms with E-state index in [-0.39, 0.29) is 17.8 Å². The Hall–Kier alpha value is -1.00.